The lowest BCUT2D eigenvalue weighted by molar-refractivity contribution is -0.141. The Morgan fingerprint density at radius 2 is 2.00 bits per heavy atom. The van der Waals surface area contributed by atoms with Gasteiger partial charge in [-0.2, -0.15) is 0 Å². The van der Waals surface area contributed by atoms with Crippen molar-refractivity contribution in [1.82, 2.24) is 4.90 Å². The number of benzene rings is 1. The van der Waals surface area contributed by atoms with Crippen LogP contribution < -0.4 is 0 Å². The summed E-state index contributed by atoms with van der Waals surface area (Å²) >= 11 is 0. The van der Waals surface area contributed by atoms with Gasteiger partial charge in [0.25, 0.3) is 5.91 Å². The highest BCUT2D eigenvalue weighted by molar-refractivity contribution is 6.06. The number of hydrogen-bond acceptors (Lipinski definition) is 4. The molecule has 0 radical (unpaired) electrons. The van der Waals surface area contributed by atoms with Gasteiger partial charge in [-0.1, -0.05) is 30.3 Å². The van der Waals surface area contributed by atoms with E-state index in [-0.39, 0.29) is 18.6 Å². The van der Waals surface area contributed by atoms with Crippen LogP contribution in [0.25, 0.3) is 6.08 Å². The Hall–Kier alpha value is -2.53. The fourth-order valence-corrected chi connectivity index (χ4v) is 2.86. The molecule has 1 heterocycles. The van der Waals surface area contributed by atoms with Gasteiger partial charge in [-0.3, -0.25) is 19.3 Å². The van der Waals surface area contributed by atoms with E-state index >= 15 is 0 Å². The molecule has 0 unspecified atom stereocenters. The molecule has 0 saturated carbocycles. The molecule has 112 valence electrons. The third-order valence-electron chi connectivity index (χ3n) is 4.00. The van der Waals surface area contributed by atoms with Gasteiger partial charge >= 0.3 is 0 Å². The van der Waals surface area contributed by atoms with Gasteiger partial charge in [0.05, 0.1) is 12.5 Å². The summed E-state index contributed by atoms with van der Waals surface area (Å²) in [5.41, 5.74) is -0.598. The maximum Gasteiger partial charge on any atom is 0.253 e. The fourth-order valence-electron chi connectivity index (χ4n) is 2.86. The summed E-state index contributed by atoms with van der Waals surface area (Å²) in [6, 6.07) is 8.40. The molecule has 1 saturated heterocycles. The minimum Gasteiger partial charge on any atom is -0.383 e. The van der Waals surface area contributed by atoms with Crippen LogP contribution in [0.2, 0.25) is 0 Å². The van der Waals surface area contributed by atoms with Crippen LogP contribution in [-0.2, 0) is 14.4 Å². The van der Waals surface area contributed by atoms with Crippen molar-refractivity contribution < 1.29 is 19.5 Å². The molecule has 2 amide bonds. The summed E-state index contributed by atoms with van der Waals surface area (Å²) in [4.78, 5) is 36.9. The third kappa shape index (κ3) is 2.51. The molecule has 1 aromatic rings. The molecule has 1 aliphatic carbocycles. The molecule has 1 N–H and O–H groups in total. The average Bonchev–Trinajstić information content (AvgIpc) is 2.76. The summed E-state index contributed by atoms with van der Waals surface area (Å²) in [6.45, 7) is 0. The molecule has 0 spiro atoms. The molecular weight excluding hydrogens is 282 g/mol. The molecule has 1 aliphatic heterocycles. The zero-order chi connectivity index (χ0) is 15.7. The molecule has 5 heteroatoms. The normalized spacial score (nSPS) is 27.5. The van der Waals surface area contributed by atoms with Crippen molar-refractivity contribution in [3.05, 3.63) is 54.1 Å². The molecule has 5 nitrogen and oxygen atoms in total. The van der Waals surface area contributed by atoms with E-state index in [0.717, 1.165) is 10.5 Å². The van der Waals surface area contributed by atoms with E-state index in [2.05, 4.69) is 0 Å². The smallest absolute Gasteiger partial charge is 0.253 e. The van der Waals surface area contributed by atoms with Crippen molar-refractivity contribution in [2.45, 2.75) is 24.5 Å². The van der Waals surface area contributed by atoms with Crippen LogP contribution in [0, 0.1) is 0 Å². The minimum absolute atomic E-state index is 0.0380. The van der Waals surface area contributed by atoms with Crippen LogP contribution >= 0.6 is 0 Å². The SMILES string of the molecule is O=C1C=C[C@]2(O)CC(=O)N(C(=O)/C=C/c3ccccc3)[C@H]2C1. The van der Waals surface area contributed by atoms with Crippen molar-refractivity contribution in [2.75, 3.05) is 0 Å². The van der Waals surface area contributed by atoms with Crippen molar-refractivity contribution in [3.63, 3.8) is 0 Å². The first-order chi connectivity index (χ1) is 10.5. The van der Waals surface area contributed by atoms with Gasteiger partial charge < -0.3 is 5.11 Å². The van der Waals surface area contributed by atoms with E-state index in [1.54, 1.807) is 6.08 Å². The Morgan fingerprint density at radius 3 is 2.73 bits per heavy atom. The molecule has 2 atom stereocenters. The largest absolute Gasteiger partial charge is 0.383 e. The van der Waals surface area contributed by atoms with Gasteiger partial charge in [0.1, 0.15) is 5.60 Å². The van der Waals surface area contributed by atoms with E-state index in [0.29, 0.717) is 0 Å². The minimum atomic E-state index is -1.43. The summed E-state index contributed by atoms with van der Waals surface area (Å²) in [5, 5.41) is 10.4. The summed E-state index contributed by atoms with van der Waals surface area (Å²) in [5.74, 6) is -1.18. The van der Waals surface area contributed by atoms with Crippen LogP contribution in [0.1, 0.15) is 18.4 Å². The first kappa shape index (κ1) is 14.4. The predicted molar refractivity (Wildman–Crippen MR) is 79.4 cm³/mol. The first-order valence-corrected chi connectivity index (χ1v) is 7.03. The lowest BCUT2D eigenvalue weighted by Gasteiger charge is -2.31. The summed E-state index contributed by atoms with van der Waals surface area (Å²) in [7, 11) is 0. The molecular formula is C17H15NO4. The lowest BCUT2D eigenvalue weighted by atomic mass is 9.86. The van der Waals surface area contributed by atoms with Crippen molar-refractivity contribution in [2.24, 2.45) is 0 Å². The molecule has 1 aromatic carbocycles. The van der Waals surface area contributed by atoms with Gasteiger partial charge in [0.15, 0.2) is 5.78 Å². The zero-order valence-electron chi connectivity index (χ0n) is 11.8. The number of allylic oxidation sites excluding steroid dienone is 1. The van der Waals surface area contributed by atoms with Crippen LogP contribution in [0.3, 0.4) is 0 Å². The third-order valence-corrected chi connectivity index (χ3v) is 4.00. The quantitative estimate of drug-likeness (QED) is 0.829. The number of aliphatic hydroxyl groups is 1. The number of amides is 2. The number of ketones is 1. The standard InChI is InChI=1S/C17H15NO4/c19-13-8-9-17(22)11-16(21)18(14(17)10-13)15(20)7-6-12-4-2-1-3-5-12/h1-9,14,22H,10-11H2/b7-6+/t14-,17-/m0/s1. The second kappa shape index (κ2) is 5.35. The van der Waals surface area contributed by atoms with E-state index in [9.17, 15) is 19.5 Å². The van der Waals surface area contributed by atoms with E-state index in [1.807, 2.05) is 30.3 Å². The highest BCUT2D eigenvalue weighted by atomic mass is 16.3. The van der Waals surface area contributed by atoms with Crippen LogP contribution in [0.5, 0.6) is 0 Å². The van der Waals surface area contributed by atoms with Crippen LogP contribution in [-0.4, -0.2) is 39.2 Å². The second-order valence-corrected chi connectivity index (χ2v) is 5.53. The number of fused-ring (bicyclic) bond motifs is 1. The Labute approximate surface area is 127 Å². The summed E-state index contributed by atoms with van der Waals surface area (Å²) < 4.78 is 0. The van der Waals surface area contributed by atoms with Gasteiger partial charge in [-0.15, -0.1) is 0 Å². The Balaban J connectivity index is 1.83. The van der Waals surface area contributed by atoms with Gasteiger partial charge in [-0.25, -0.2) is 0 Å². The van der Waals surface area contributed by atoms with Crippen molar-refractivity contribution in [1.29, 1.82) is 0 Å². The highest BCUT2D eigenvalue weighted by Crippen LogP contribution is 2.36. The summed E-state index contributed by atoms with van der Waals surface area (Å²) in [6.07, 6.45) is 5.29. The molecule has 0 aromatic heterocycles. The molecule has 0 bridgehead atoms. The fraction of sp³-hybridized carbons (Fsp3) is 0.235. The number of likely N-dealkylation sites (tertiary alicyclic amines) is 1. The maximum atomic E-state index is 12.3. The molecule has 1 fully saturated rings. The van der Waals surface area contributed by atoms with E-state index < -0.39 is 23.5 Å². The number of hydrogen-bond donors (Lipinski definition) is 1. The zero-order valence-corrected chi connectivity index (χ0v) is 11.8. The Morgan fingerprint density at radius 1 is 1.27 bits per heavy atom. The number of rotatable bonds is 2. The first-order valence-electron chi connectivity index (χ1n) is 7.03. The highest BCUT2D eigenvalue weighted by Gasteiger charge is 2.53. The van der Waals surface area contributed by atoms with E-state index in [4.69, 9.17) is 0 Å². The Bertz CT molecular complexity index is 692. The average molecular weight is 297 g/mol. The Kier molecular flexibility index (Phi) is 3.50. The number of carbonyl (C=O) groups excluding carboxylic acids is 3. The maximum absolute atomic E-state index is 12.3. The van der Waals surface area contributed by atoms with Gasteiger partial charge in [0, 0.05) is 12.5 Å². The van der Waals surface area contributed by atoms with Crippen LogP contribution in [0.15, 0.2) is 48.6 Å². The lowest BCUT2D eigenvalue weighted by Crippen LogP contribution is -2.48. The predicted octanol–water partition coefficient (Wildman–Crippen LogP) is 1.09. The van der Waals surface area contributed by atoms with E-state index in [1.165, 1.54) is 18.2 Å². The van der Waals surface area contributed by atoms with Gasteiger partial charge in [-0.05, 0) is 23.8 Å². The van der Waals surface area contributed by atoms with Gasteiger partial charge in [0.2, 0.25) is 5.91 Å². The number of nitrogens with zero attached hydrogens (tertiary/aromatic N) is 1. The van der Waals surface area contributed by atoms with Crippen LogP contribution in [0.4, 0.5) is 0 Å². The topological polar surface area (TPSA) is 74.7 Å². The van der Waals surface area contributed by atoms with Crippen molar-refractivity contribution in [3.8, 4) is 0 Å². The number of carbonyl (C=O) groups is 3. The van der Waals surface area contributed by atoms with Crippen molar-refractivity contribution >= 4 is 23.7 Å². The molecule has 3 rings (SSSR count). The monoisotopic (exact) mass is 297 g/mol. The number of imide groups is 1. The second-order valence-electron chi connectivity index (χ2n) is 5.53. The molecule has 22 heavy (non-hydrogen) atoms. The molecule has 2 aliphatic rings.